The lowest BCUT2D eigenvalue weighted by Gasteiger charge is -2.29. The molecule has 2 atom stereocenters. The van der Waals surface area contributed by atoms with Crippen LogP contribution in [0.15, 0.2) is 30.3 Å². The van der Waals surface area contributed by atoms with Gasteiger partial charge in [0.1, 0.15) is 6.23 Å². The van der Waals surface area contributed by atoms with E-state index in [-0.39, 0.29) is 5.91 Å². The van der Waals surface area contributed by atoms with Crippen molar-refractivity contribution in [3.63, 3.8) is 0 Å². The highest BCUT2D eigenvalue weighted by atomic mass is 16.3. The Morgan fingerprint density at radius 1 is 1.40 bits per heavy atom. The summed E-state index contributed by atoms with van der Waals surface area (Å²) < 4.78 is 0. The molecule has 3 nitrogen and oxygen atoms in total. The number of carbonyl (C=O) groups is 1. The van der Waals surface area contributed by atoms with Crippen molar-refractivity contribution in [3.8, 4) is 0 Å². The summed E-state index contributed by atoms with van der Waals surface area (Å²) >= 11 is 0. The van der Waals surface area contributed by atoms with E-state index in [1.54, 1.807) is 7.05 Å². The van der Waals surface area contributed by atoms with Crippen molar-refractivity contribution >= 4 is 5.91 Å². The first-order valence-corrected chi connectivity index (χ1v) is 5.05. The largest absolute Gasteiger partial charge is 0.373 e. The first kappa shape index (κ1) is 10.2. The molecule has 1 saturated heterocycles. The first-order valence-electron chi connectivity index (χ1n) is 5.05. The van der Waals surface area contributed by atoms with Gasteiger partial charge in [0.2, 0.25) is 5.91 Å². The molecule has 1 aromatic rings. The Hall–Kier alpha value is -1.35. The van der Waals surface area contributed by atoms with Crippen molar-refractivity contribution in [1.29, 1.82) is 0 Å². The molecule has 1 aromatic carbocycles. The van der Waals surface area contributed by atoms with E-state index in [2.05, 4.69) is 0 Å². The number of hydrogen-bond acceptors (Lipinski definition) is 2. The fraction of sp³-hybridized carbons (Fsp3) is 0.417. The van der Waals surface area contributed by atoms with Crippen LogP contribution in [0.4, 0.5) is 0 Å². The van der Waals surface area contributed by atoms with Crippen molar-refractivity contribution in [2.75, 3.05) is 7.05 Å². The van der Waals surface area contributed by atoms with Crippen LogP contribution in [0.3, 0.4) is 0 Å². The van der Waals surface area contributed by atoms with Crippen molar-refractivity contribution in [1.82, 2.24) is 4.90 Å². The Balaban J connectivity index is 2.40. The van der Waals surface area contributed by atoms with Crippen LogP contribution in [0, 0.1) is 0 Å². The highest BCUT2D eigenvalue weighted by molar-refractivity contribution is 5.81. The van der Waals surface area contributed by atoms with Crippen LogP contribution in [0.2, 0.25) is 0 Å². The smallest absolute Gasteiger partial charge is 0.225 e. The fourth-order valence-corrected chi connectivity index (χ4v) is 2.16. The standard InChI is InChI=1S/C12H15NO2/c1-12(9-6-4-3-5-7-9)8-10(14)13(2)11(12)15/h3-7,11,15H,8H2,1-2H3. The van der Waals surface area contributed by atoms with Gasteiger partial charge in [-0.2, -0.15) is 0 Å². The normalized spacial score (nSPS) is 31.0. The quantitative estimate of drug-likeness (QED) is 0.746. The van der Waals surface area contributed by atoms with E-state index in [1.165, 1.54) is 4.90 Å². The molecule has 1 heterocycles. The van der Waals surface area contributed by atoms with Gasteiger partial charge in [-0.05, 0) is 5.56 Å². The van der Waals surface area contributed by atoms with E-state index < -0.39 is 11.6 Å². The van der Waals surface area contributed by atoms with Gasteiger partial charge in [0.05, 0.1) is 0 Å². The molecule has 1 N–H and O–H groups in total. The number of benzene rings is 1. The molecule has 0 radical (unpaired) electrons. The van der Waals surface area contributed by atoms with Crippen LogP contribution in [-0.2, 0) is 10.2 Å². The molecule has 2 rings (SSSR count). The van der Waals surface area contributed by atoms with Gasteiger partial charge in [0, 0.05) is 18.9 Å². The molecule has 2 unspecified atom stereocenters. The number of hydrogen-bond donors (Lipinski definition) is 1. The molecule has 0 bridgehead atoms. The average Bonchev–Trinajstić information content (AvgIpc) is 2.45. The highest BCUT2D eigenvalue weighted by Gasteiger charge is 2.47. The monoisotopic (exact) mass is 205 g/mol. The minimum absolute atomic E-state index is 0.00569. The number of likely N-dealkylation sites (N-methyl/N-ethyl adjacent to an activating group) is 1. The maximum Gasteiger partial charge on any atom is 0.225 e. The molecule has 1 fully saturated rings. The highest BCUT2D eigenvalue weighted by Crippen LogP contribution is 2.38. The maximum absolute atomic E-state index is 11.5. The van der Waals surface area contributed by atoms with Crippen LogP contribution >= 0.6 is 0 Å². The minimum atomic E-state index is -0.729. The Bertz CT molecular complexity index is 376. The summed E-state index contributed by atoms with van der Waals surface area (Å²) in [6, 6.07) is 9.69. The molecule has 1 aliphatic rings. The Morgan fingerprint density at radius 2 is 2.00 bits per heavy atom. The third kappa shape index (κ3) is 1.43. The van der Waals surface area contributed by atoms with E-state index in [1.807, 2.05) is 37.3 Å². The molecule has 3 heteroatoms. The number of nitrogens with zero attached hydrogens (tertiary/aromatic N) is 1. The van der Waals surface area contributed by atoms with Crippen LogP contribution in [0.1, 0.15) is 18.9 Å². The van der Waals surface area contributed by atoms with Crippen LogP contribution < -0.4 is 0 Å². The second-order valence-electron chi connectivity index (χ2n) is 4.34. The van der Waals surface area contributed by atoms with Crippen LogP contribution in [-0.4, -0.2) is 29.2 Å². The molecule has 1 aliphatic heterocycles. The average molecular weight is 205 g/mol. The molecule has 1 amide bonds. The summed E-state index contributed by atoms with van der Waals surface area (Å²) in [6.07, 6.45) is -0.360. The first-order chi connectivity index (χ1) is 7.05. The van der Waals surface area contributed by atoms with Gasteiger partial charge in [-0.3, -0.25) is 4.79 Å². The molecular formula is C12H15NO2. The van der Waals surface area contributed by atoms with Gasteiger partial charge in [-0.1, -0.05) is 37.3 Å². The van der Waals surface area contributed by atoms with Gasteiger partial charge in [0.25, 0.3) is 0 Å². The lowest BCUT2D eigenvalue weighted by atomic mass is 9.80. The number of likely N-dealkylation sites (tertiary alicyclic amines) is 1. The minimum Gasteiger partial charge on any atom is -0.373 e. The molecule has 0 aromatic heterocycles. The molecule has 15 heavy (non-hydrogen) atoms. The predicted octanol–water partition coefficient (Wildman–Crippen LogP) is 1.12. The predicted molar refractivity (Wildman–Crippen MR) is 57.2 cm³/mol. The van der Waals surface area contributed by atoms with Crippen LogP contribution in [0.25, 0.3) is 0 Å². The van der Waals surface area contributed by atoms with Crippen molar-refractivity contribution in [2.45, 2.75) is 25.0 Å². The summed E-state index contributed by atoms with van der Waals surface area (Å²) in [5.74, 6) is -0.00569. The fourth-order valence-electron chi connectivity index (χ4n) is 2.16. The molecular weight excluding hydrogens is 190 g/mol. The van der Waals surface area contributed by atoms with E-state index in [0.717, 1.165) is 5.56 Å². The molecule has 0 saturated carbocycles. The van der Waals surface area contributed by atoms with Gasteiger partial charge in [-0.15, -0.1) is 0 Å². The van der Waals surface area contributed by atoms with Gasteiger partial charge < -0.3 is 10.0 Å². The zero-order valence-corrected chi connectivity index (χ0v) is 8.97. The lowest BCUT2D eigenvalue weighted by Crippen LogP contribution is -2.39. The number of aliphatic hydroxyl groups excluding tert-OH is 1. The summed E-state index contributed by atoms with van der Waals surface area (Å²) in [5.41, 5.74) is 0.530. The second kappa shape index (κ2) is 3.35. The van der Waals surface area contributed by atoms with Crippen molar-refractivity contribution in [3.05, 3.63) is 35.9 Å². The second-order valence-corrected chi connectivity index (χ2v) is 4.34. The number of rotatable bonds is 1. The van der Waals surface area contributed by atoms with Crippen molar-refractivity contribution in [2.24, 2.45) is 0 Å². The Kier molecular flexibility index (Phi) is 2.27. The lowest BCUT2D eigenvalue weighted by molar-refractivity contribution is -0.131. The Morgan fingerprint density at radius 3 is 2.47 bits per heavy atom. The van der Waals surface area contributed by atoms with Gasteiger partial charge >= 0.3 is 0 Å². The van der Waals surface area contributed by atoms with E-state index in [4.69, 9.17) is 0 Å². The van der Waals surface area contributed by atoms with Gasteiger partial charge in [-0.25, -0.2) is 0 Å². The summed E-state index contributed by atoms with van der Waals surface area (Å²) in [6.45, 7) is 1.92. The number of amides is 1. The molecule has 80 valence electrons. The zero-order chi connectivity index (χ0) is 11.1. The third-order valence-corrected chi connectivity index (χ3v) is 3.28. The van der Waals surface area contributed by atoms with E-state index in [9.17, 15) is 9.90 Å². The summed E-state index contributed by atoms with van der Waals surface area (Å²) in [7, 11) is 1.64. The molecule has 0 spiro atoms. The Labute approximate surface area is 89.3 Å². The summed E-state index contributed by atoms with van der Waals surface area (Å²) in [5, 5.41) is 10.0. The van der Waals surface area contributed by atoms with E-state index in [0.29, 0.717) is 6.42 Å². The summed E-state index contributed by atoms with van der Waals surface area (Å²) in [4.78, 5) is 12.9. The number of carbonyl (C=O) groups excluding carboxylic acids is 1. The topological polar surface area (TPSA) is 40.5 Å². The van der Waals surface area contributed by atoms with E-state index >= 15 is 0 Å². The number of aliphatic hydroxyl groups is 1. The van der Waals surface area contributed by atoms with Crippen LogP contribution in [0.5, 0.6) is 0 Å². The molecule has 0 aliphatic carbocycles. The van der Waals surface area contributed by atoms with Gasteiger partial charge in [0.15, 0.2) is 0 Å². The van der Waals surface area contributed by atoms with Crippen molar-refractivity contribution < 1.29 is 9.90 Å². The maximum atomic E-state index is 11.5. The third-order valence-electron chi connectivity index (χ3n) is 3.28. The zero-order valence-electron chi connectivity index (χ0n) is 8.97. The SMILES string of the molecule is CN1C(=O)CC(C)(c2ccccc2)C1O.